The van der Waals surface area contributed by atoms with Crippen LogP contribution >= 0.6 is 27.5 Å². The largest absolute Gasteiger partial charge is 0.207 e. The molecule has 0 radical (unpaired) electrons. The Hall–Kier alpha value is -0.0800. The lowest BCUT2D eigenvalue weighted by molar-refractivity contribution is 0.603. The van der Waals surface area contributed by atoms with Crippen molar-refractivity contribution in [1.82, 2.24) is 0 Å². The van der Waals surface area contributed by atoms with Gasteiger partial charge in [0.05, 0.1) is 0 Å². The normalized spacial score (nSPS) is 10.4. The van der Waals surface area contributed by atoms with E-state index in [1.54, 1.807) is 12.1 Å². The molecule has 13 heavy (non-hydrogen) atoms. The maximum atomic E-state index is 13.1. The minimum atomic E-state index is -0.154. The fraction of sp³-hybridized carbons (Fsp3) is 0.400. The summed E-state index contributed by atoms with van der Waals surface area (Å²) in [7, 11) is 0. The van der Waals surface area contributed by atoms with Crippen molar-refractivity contribution in [3.63, 3.8) is 0 Å². The van der Waals surface area contributed by atoms with Crippen LogP contribution in [0.25, 0.3) is 0 Å². The lowest BCUT2D eigenvalue weighted by Crippen LogP contribution is -1.91. The van der Waals surface area contributed by atoms with E-state index in [0.717, 1.165) is 24.6 Å². The van der Waals surface area contributed by atoms with Crippen LogP contribution in [-0.2, 0) is 6.42 Å². The number of aryl methyl sites for hydroxylation is 1. The van der Waals surface area contributed by atoms with Gasteiger partial charge in [-0.3, -0.25) is 0 Å². The maximum absolute atomic E-state index is 13.1. The molecule has 0 amide bonds. The topological polar surface area (TPSA) is 0 Å². The molecule has 0 aliphatic rings. The average molecular weight is 266 g/mol. The maximum Gasteiger partial charge on any atom is 0.126 e. The Morgan fingerprint density at radius 2 is 2.08 bits per heavy atom. The monoisotopic (exact) mass is 264 g/mol. The van der Waals surface area contributed by atoms with Crippen LogP contribution in [0, 0.1) is 5.82 Å². The van der Waals surface area contributed by atoms with E-state index in [-0.39, 0.29) is 5.82 Å². The molecule has 1 rings (SSSR count). The summed E-state index contributed by atoms with van der Waals surface area (Å²) in [6.45, 7) is 0. The van der Waals surface area contributed by atoms with Crippen molar-refractivity contribution in [2.45, 2.75) is 19.3 Å². The van der Waals surface area contributed by atoms with E-state index < -0.39 is 0 Å². The van der Waals surface area contributed by atoms with E-state index in [9.17, 15) is 4.39 Å². The SMILES string of the molecule is Fc1ccc(Cl)cc1CCCCBr. The molecule has 0 heterocycles. The number of rotatable bonds is 4. The van der Waals surface area contributed by atoms with Crippen molar-refractivity contribution in [1.29, 1.82) is 0 Å². The standard InChI is InChI=1S/C10H11BrClF/c11-6-2-1-3-8-7-9(12)4-5-10(8)13/h4-5,7H,1-3,6H2. The van der Waals surface area contributed by atoms with Crippen molar-refractivity contribution in [2.75, 3.05) is 5.33 Å². The van der Waals surface area contributed by atoms with Gasteiger partial charge in [0, 0.05) is 10.4 Å². The minimum absolute atomic E-state index is 0.154. The van der Waals surface area contributed by atoms with Crippen LogP contribution in [-0.4, -0.2) is 5.33 Å². The highest BCUT2D eigenvalue weighted by atomic mass is 79.9. The minimum Gasteiger partial charge on any atom is -0.207 e. The van der Waals surface area contributed by atoms with Gasteiger partial charge >= 0.3 is 0 Å². The molecule has 0 atom stereocenters. The summed E-state index contributed by atoms with van der Waals surface area (Å²) < 4.78 is 13.1. The summed E-state index contributed by atoms with van der Waals surface area (Å²) >= 11 is 9.09. The lowest BCUT2D eigenvalue weighted by atomic mass is 10.1. The van der Waals surface area contributed by atoms with Crippen LogP contribution in [0.15, 0.2) is 18.2 Å². The van der Waals surface area contributed by atoms with Gasteiger partial charge in [0.15, 0.2) is 0 Å². The molecule has 0 saturated carbocycles. The number of halogens is 3. The first-order chi connectivity index (χ1) is 6.24. The van der Waals surface area contributed by atoms with Crippen LogP contribution in [0.3, 0.4) is 0 Å². The van der Waals surface area contributed by atoms with Gasteiger partial charge < -0.3 is 0 Å². The van der Waals surface area contributed by atoms with Gasteiger partial charge in [0.2, 0.25) is 0 Å². The average Bonchev–Trinajstić information content (AvgIpc) is 2.11. The Kier molecular flexibility index (Phi) is 4.74. The van der Waals surface area contributed by atoms with E-state index in [1.807, 2.05) is 0 Å². The first kappa shape index (κ1) is 11.0. The zero-order valence-corrected chi connectivity index (χ0v) is 9.54. The van der Waals surface area contributed by atoms with Crippen molar-refractivity contribution in [2.24, 2.45) is 0 Å². The van der Waals surface area contributed by atoms with Crippen LogP contribution in [0.5, 0.6) is 0 Å². The fourth-order valence-corrected chi connectivity index (χ4v) is 1.74. The summed E-state index contributed by atoms with van der Waals surface area (Å²) in [6.07, 6.45) is 2.81. The third-order valence-corrected chi connectivity index (χ3v) is 2.63. The fourth-order valence-electron chi connectivity index (χ4n) is 1.14. The summed E-state index contributed by atoms with van der Waals surface area (Å²) in [6, 6.07) is 4.70. The van der Waals surface area contributed by atoms with E-state index in [0.29, 0.717) is 10.6 Å². The van der Waals surface area contributed by atoms with Gasteiger partial charge in [0.25, 0.3) is 0 Å². The smallest absolute Gasteiger partial charge is 0.126 e. The van der Waals surface area contributed by atoms with Crippen LogP contribution in [0.4, 0.5) is 4.39 Å². The second kappa shape index (κ2) is 5.61. The molecule has 1 aromatic carbocycles. The lowest BCUT2D eigenvalue weighted by Gasteiger charge is -2.02. The van der Waals surface area contributed by atoms with Gasteiger partial charge in [0.1, 0.15) is 5.82 Å². The van der Waals surface area contributed by atoms with Crippen LogP contribution < -0.4 is 0 Å². The number of hydrogen-bond donors (Lipinski definition) is 0. The molecule has 0 aliphatic carbocycles. The van der Waals surface area contributed by atoms with E-state index in [2.05, 4.69) is 15.9 Å². The highest BCUT2D eigenvalue weighted by molar-refractivity contribution is 9.09. The van der Waals surface area contributed by atoms with Crippen LogP contribution in [0.1, 0.15) is 18.4 Å². The molecule has 0 spiro atoms. The van der Waals surface area contributed by atoms with Gasteiger partial charge in [-0.2, -0.15) is 0 Å². The van der Waals surface area contributed by atoms with Crippen molar-refractivity contribution >= 4 is 27.5 Å². The third kappa shape index (κ3) is 3.65. The molecule has 3 heteroatoms. The second-order valence-corrected chi connectivity index (χ2v) is 4.11. The molecule has 0 unspecified atom stereocenters. The zero-order valence-electron chi connectivity index (χ0n) is 7.19. The molecule has 0 saturated heterocycles. The molecular formula is C10H11BrClF. The van der Waals surface area contributed by atoms with Gasteiger partial charge in [-0.1, -0.05) is 27.5 Å². The van der Waals surface area contributed by atoms with E-state index in [1.165, 1.54) is 6.07 Å². The quantitative estimate of drug-likeness (QED) is 0.565. The van der Waals surface area contributed by atoms with Crippen molar-refractivity contribution < 1.29 is 4.39 Å². The predicted octanol–water partition coefficient (Wildman–Crippen LogP) is 4.20. The van der Waals surface area contributed by atoms with Gasteiger partial charge in [-0.15, -0.1) is 0 Å². The molecule has 72 valence electrons. The summed E-state index contributed by atoms with van der Waals surface area (Å²) in [5.74, 6) is -0.154. The number of unbranched alkanes of at least 4 members (excludes halogenated alkanes) is 1. The van der Waals surface area contributed by atoms with Crippen molar-refractivity contribution in [3.05, 3.63) is 34.6 Å². The molecule has 0 aliphatic heterocycles. The molecule has 0 fully saturated rings. The highest BCUT2D eigenvalue weighted by Crippen LogP contribution is 2.16. The Morgan fingerprint density at radius 3 is 2.77 bits per heavy atom. The van der Waals surface area contributed by atoms with E-state index in [4.69, 9.17) is 11.6 Å². The number of hydrogen-bond acceptors (Lipinski definition) is 0. The number of benzene rings is 1. The Morgan fingerprint density at radius 1 is 1.31 bits per heavy atom. The second-order valence-electron chi connectivity index (χ2n) is 2.88. The van der Waals surface area contributed by atoms with Crippen molar-refractivity contribution in [3.8, 4) is 0 Å². The first-order valence-corrected chi connectivity index (χ1v) is 5.74. The Balaban J connectivity index is 2.59. The summed E-state index contributed by atoms with van der Waals surface area (Å²) in [5, 5.41) is 1.57. The predicted molar refractivity (Wildman–Crippen MR) is 58.1 cm³/mol. The number of alkyl halides is 1. The molecule has 1 aromatic rings. The van der Waals surface area contributed by atoms with Gasteiger partial charge in [-0.05, 0) is 43.0 Å². The first-order valence-electron chi connectivity index (χ1n) is 4.24. The molecule has 0 nitrogen and oxygen atoms in total. The molecule has 0 aromatic heterocycles. The van der Waals surface area contributed by atoms with Gasteiger partial charge in [-0.25, -0.2) is 4.39 Å². The summed E-state index contributed by atoms with van der Waals surface area (Å²) in [5.41, 5.74) is 0.716. The van der Waals surface area contributed by atoms with Crippen LogP contribution in [0.2, 0.25) is 5.02 Å². The molecule has 0 N–H and O–H groups in total. The Bertz CT molecular complexity index is 276. The Labute approximate surface area is 91.2 Å². The molecular weight excluding hydrogens is 254 g/mol. The highest BCUT2D eigenvalue weighted by Gasteiger charge is 2.01. The molecule has 0 bridgehead atoms. The third-order valence-electron chi connectivity index (χ3n) is 1.84. The summed E-state index contributed by atoms with van der Waals surface area (Å²) in [4.78, 5) is 0. The zero-order chi connectivity index (χ0) is 9.68. The van der Waals surface area contributed by atoms with E-state index >= 15 is 0 Å².